The number of carboxylic acids is 1. The third-order valence-electron chi connectivity index (χ3n) is 2.10. The minimum Gasteiger partial charge on any atom is -0.481 e. The Morgan fingerprint density at radius 2 is 2.15 bits per heavy atom. The van der Waals surface area contributed by atoms with E-state index in [1.54, 1.807) is 0 Å². The minimum atomic E-state index is -1.07. The molecule has 0 fully saturated rings. The van der Waals surface area contributed by atoms with E-state index in [1.165, 1.54) is 6.92 Å². The van der Waals surface area contributed by atoms with Crippen LogP contribution in [0.1, 0.15) is 33.1 Å². The van der Waals surface area contributed by atoms with Crippen molar-refractivity contribution in [1.82, 2.24) is 0 Å². The van der Waals surface area contributed by atoms with Crippen LogP contribution in [0.4, 0.5) is 0 Å². The van der Waals surface area contributed by atoms with Gasteiger partial charge in [-0.3, -0.25) is 14.9 Å². The van der Waals surface area contributed by atoms with Crippen LogP contribution in [0.25, 0.3) is 0 Å². The molecule has 0 aromatic heterocycles. The summed E-state index contributed by atoms with van der Waals surface area (Å²) < 4.78 is 0. The molecule has 0 aliphatic rings. The van der Waals surface area contributed by atoms with Crippen molar-refractivity contribution >= 4 is 5.97 Å². The second-order valence-electron chi connectivity index (χ2n) is 3.11. The molecule has 0 aliphatic carbocycles. The van der Waals surface area contributed by atoms with Crippen molar-refractivity contribution in [3.8, 4) is 0 Å². The average molecular weight is 189 g/mol. The normalized spacial score (nSPS) is 14.9. The molecule has 0 spiro atoms. The molecule has 76 valence electrons. The molecule has 0 amide bonds. The van der Waals surface area contributed by atoms with Crippen molar-refractivity contribution in [2.24, 2.45) is 5.92 Å². The molecular weight excluding hydrogens is 174 g/mol. The van der Waals surface area contributed by atoms with Crippen LogP contribution in [-0.2, 0) is 4.79 Å². The van der Waals surface area contributed by atoms with Gasteiger partial charge >= 0.3 is 5.97 Å². The van der Waals surface area contributed by atoms with Crippen molar-refractivity contribution in [1.29, 1.82) is 0 Å². The molecule has 5 heteroatoms. The predicted octanol–water partition coefficient (Wildman–Crippen LogP) is 1.54. The Hall–Kier alpha value is -1.13. The second kappa shape index (κ2) is 5.50. The maximum atomic E-state index is 10.6. The van der Waals surface area contributed by atoms with Gasteiger partial charge in [0.25, 0.3) is 0 Å². The second-order valence-corrected chi connectivity index (χ2v) is 3.11. The summed E-state index contributed by atoms with van der Waals surface area (Å²) in [6, 6.07) is -0.996. The molecule has 0 saturated carbocycles. The summed E-state index contributed by atoms with van der Waals surface area (Å²) >= 11 is 0. The van der Waals surface area contributed by atoms with Gasteiger partial charge in [-0.2, -0.15) is 0 Å². The Bertz CT molecular complexity index is 193. The zero-order valence-corrected chi connectivity index (χ0v) is 7.90. The van der Waals surface area contributed by atoms with E-state index in [9.17, 15) is 14.9 Å². The van der Waals surface area contributed by atoms with E-state index in [0.717, 1.165) is 12.8 Å². The smallest absolute Gasteiger partial charge is 0.313 e. The standard InChI is InChI=1S/C8H15NO4/c1-3-4-5-7(8(10)11)6(2)9(12)13/h6-7H,3-5H2,1-2H3,(H,10,11). The lowest BCUT2D eigenvalue weighted by Gasteiger charge is -2.12. The monoisotopic (exact) mass is 189 g/mol. The number of nitrogens with zero attached hydrogens (tertiary/aromatic N) is 1. The molecule has 0 aromatic rings. The van der Waals surface area contributed by atoms with Crippen LogP contribution in [-0.4, -0.2) is 22.0 Å². The molecule has 0 rings (SSSR count). The fraction of sp³-hybridized carbons (Fsp3) is 0.875. The number of hydrogen-bond donors (Lipinski definition) is 1. The lowest BCUT2D eigenvalue weighted by atomic mass is 9.96. The van der Waals surface area contributed by atoms with Crippen molar-refractivity contribution < 1.29 is 14.8 Å². The first-order chi connectivity index (χ1) is 6.00. The Kier molecular flexibility index (Phi) is 5.03. The molecule has 13 heavy (non-hydrogen) atoms. The van der Waals surface area contributed by atoms with Gasteiger partial charge in [0.05, 0.1) is 0 Å². The van der Waals surface area contributed by atoms with Crippen LogP contribution in [0.2, 0.25) is 0 Å². The molecule has 2 atom stereocenters. The summed E-state index contributed by atoms with van der Waals surface area (Å²) in [5, 5.41) is 19.1. The number of aliphatic carboxylic acids is 1. The maximum Gasteiger partial charge on any atom is 0.313 e. The van der Waals surface area contributed by atoms with E-state index in [0.29, 0.717) is 6.42 Å². The largest absolute Gasteiger partial charge is 0.481 e. The number of hydrogen-bond acceptors (Lipinski definition) is 3. The highest BCUT2D eigenvalue weighted by Gasteiger charge is 2.32. The Morgan fingerprint density at radius 3 is 2.46 bits per heavy atom. The fourth-order valence-electron chi connectivity index (χ4n) is 1.14. The highest BCUT2D eigenvalue weighted by Crippen LogP contribution is 2.15. The molecule has 0 saturated heterocycles. The van der Waals surface area contributed by atoms with Gasteiger partial charge in [0.1, 0.15) is 5.92 Å². The van der Waals surface area contributed by atoms with Gasteiger partial charge in [0, 0.05) is 11.8 Å². The predicted molar refractivity (Wildman–Crippen MR) is 47.1 cm³/mol. The van der Waals surface area contributed by atoms with Crippen molar-refractivity contribution in [3.05, 3.63) is 10.1 Å². The maximum absolute atomic E-state index is 10.6. The van der Waals surface area contributed by atoms with E-state index in [4.69, 9.17) is 5.11 Å². The molecule has 0 heterocycles. The van der Waals surface area contributed by atoms with E-state index in [-0.39, 0.29) is 0 Å². The molecule has 1 N–H and O–H groups in total. The van der Waals surface area contributed by atoms with Crippen LogP contribution in [0, 0.1) is 16.0 Å². The average Bonchev–Trinajstić information content (AvgIpc) is 2.04. The van der Waals surface area contributed by atoms with Crippen LogP contribution in [0.5, 0.6) is 0 Å². The van der Waals surface area contributed by atoms with Crippen molar-refractivity contribution in [3.63, 3.8) is 0 Å². The van der Waals surface area contributed by atoms with Crippen LogP contribution in [0.15, 0.2) is 0 Å². The summed E-state index contributed by atoms with van der Waals surface area (Å²) in [6.45, 7) is 3.27. The van der Waals surface area contributed by atoms with Crippen molar-refractivity contribution in [2.45, 2.75) is 39.2 Å². The van der Waals surface area contributed by atoms with Gasteiger partial charge in [-0.1, -0.05) is 19.8 Å². The number of carboxylic acid groups (broad SMARTS) is 1. The lowest BCUT2D eigenvalue weighted by molar-refractivity contribution is -0.525. The molecule has 5 nitrogen and oxygen atoms in total. The zero-order chi connectivity index (χ0) is 10.4. The lowest BCUT2D eigenvalue weighted by Crippen LogP contribution is -2.32. The SMILES string of the molecule is CCCCC(C(=O)O)C(C)[N+](=O)[O-]. The van der Waals surface area contributed by atoms with Crippen LogP contribution >= 0.6 is 0 Å². The summed E-state index contributed by atoms with van der Waals surface area (Å²) in [6.07, 6.45) is 1.96. The Balaban J connectivity index is 4.24. The highest BCUT2D eigenvalue weighted by atomic mass is 16.6. The summed E-state index contributed by atoms with van der Waals surface area (Å²) in [5.41, 5.74) is 0. The van der Waals surface area contributed by atoms with E-state index in [1.807, 2.05) is 6.92 Å². The third-order valence-corrected chi connectivity index (χ3v) is 2.10. The number of rotatable bonds is 6. The molecule has 0 radical (unpaired) electrons. The molecule has 2 unspecified atom stereocenters. The first-order valence-corrected chi connectivity index (χ1v) is 4.37. The van der Waals surface area contributed by atoms with E-state index in [2.05, 4.69) is 0 Å². The molecular formula is C8H15NO4. The van der Waals surface area contributed by atoms with Gasteiger partial charge in [-0.05, 0) is 6.42 Å². The van der Waals surface area contributed by atoms with Crippen molar-refractivity contribution in [2.75, 3.05) is 0 Å². The number of carbonyl (C=O) groups is 1. The minimum absolute atomic E-state index is 0.383. The van der Waals surface area contributed by atoms with Crippen LogP contribution in [0.3, 0.4) is 0 Å². The zero-order valence-electron chi connectivity index (χ0n) is 7.90. The summed E-state index contributed by atoms with van der Waals surface area (Å²) in [5.74, 6) is -1.92. The van der Waals surface area contributed by atoms with Gasteiger partial charge < -0.3 is 5.11 Å². The van der Waals surface area contributed by atoms with Crippen LogP contribution < -0.4 is 0 Å². The summed E-state index contributed by atoms with van der Waals surface area (Å²) in [7, 11) is 0. The molecule has 0 aromatic carbocycles. The highest BCUT2D eigenvalue weighted by molar-refractivity contribution is 5.70. The van der Waals surface area contributed by atoms with E-state index >= 15 is 0 Å². The number of unbranched alkanes of at least 4 members (excludes halogenated alkanes) is 1. The summed E-state index contributed by atoms with van der Waals surface area (Å²) in [4.78, 5) is 20.5. The quantitative estimate of drug-likeness (QED) is 0.507. The van der Waals surface area contributed by atoms with Gasteiger partial charge in [0.15, 0.2) is 0 Å². The first kappa shape index (κ1) is 11.9. The van der Waals surface area contributed by atoms with Gasteiger partial charge in [-0.25, -0.2) is 0 Å². The first-order valence-electron chi connectivity index (χ1n) is 4.37. The number of nitro groups is 1. The Labute approximate surface area is 76.9 Å². The van der Waals surface area contributed by atoms with Gasteiger partial charge in [-0.15, -0.1) is 0 Å². The van der Waals surface area contributed by atoms with Gasteiger partial charge in [0.2, 0.25) is 6.04 Å². The van der Waals surface area contributed by atoms with E-state index < -0.39 is 22.9 Å². The third kappa shape index (κ3) is 3.87. The Morgan fingerprint density at radius 1 is 1.62 bits per heavy atom. The molecule has 0 aliphatic heterocycles. The molecule has 0 bridgehead atoms. The topological polar surface area (TPSA) is 80.4 Å². The fourth-order valence-corrected chi connectivity index (χ4v) is 1.14.